The van der Waals surface area contributed by atoms with Gasteiger partial charge in [0.25, 0.3) is 0 Å². The van der Waals surface area contributed by atoms with Gasteiger partial charge in [-0.15, -0.1) is 0 Å². The van der Waals surface area contributed by atoms with Crippen molar-refractivity contribution in [1.82, 2.24) is 5.43 Å². The molecule has 1 amide bonds. The van der Waals surface area contributed by atoms with Crippen LogP contribution in [0, 0.1) is 0 Å². The first-order valence-electron chi connectivity index (χ1n) is 12.0. The van der Waals surface area contributed by atoms with Crippen LogP contribution in [0.5, 0.6) is 5.75 Å². The van der Waals surface area contributed by atoms with Gasteiger partial charge in [-0.25, -0.2) is 10.2 Å². The Labute approximate surface area is 221 Å². The molecule has 0 unspecified atom stereocenters. The number of ether oxygens (including phenoxy) is 1. The highest BCUT2D eigenvalue weighted by atomic mass is 19.4. The Hall–Kier alpha value is -4.98. The Balaban J connectivity index is 1.39. The van der Waals surface area contributed by atoms with Crippen LogP contribution in [0.25, 0.3) is 21.5 Å². The van der Waals surface area contributed by atoms with Crippen LogP contribution in [0.1, 0.15) is 27.0 Å². The monoisotopic (exact) mass is 526 g/mol. The summed E-state index contributed by atoms with van der Waals surface area (Å²) in [6.45, 7) is 0. The van der Waals surface area contributed by atoms with E-state index in [4.69, 9.17) is 4.74 Å². The van der Waals surface area contributed by atoms with Crippen molar-refractivity contribution in [1.29, 1.82) is 0 Å². The first-order valence-corrected chi connectivity index (χ1v) is 12.0. The van der Waals surface area contributed by atoms with Crippen molar-refractivity contribution >= 4 is 39.6 Å². The van der Waals surface area contributed by atoms with Crippen LogP contribution < -0.4 is 10.2 Å². The molecule has 0 fully saturated rings. The smallest absolute Gasteiger partial charge is 0.416 e. The van der Waals surface area contributed by atoms with Crippen LogP contribution in [0.2, 0.25) is 0 Å². The Morgan fingerprint density at radius 1 is 0.795 bits per heavy atom. The molecule has 194 valence electrons. The summed E-state index contributed by atoms with van der Waals surface area (Å²) in [5, 5.41) is 7.26. The first-order chi connectivity index (χ1) is 18.8. The molecule has 5 aromatic rings. The molecular weight excluding hydrogens is 505 g/mol. The van der Waals surface area contributed by atoms with E-state index in [1.54, 1.807) is 18.2 Å². The summed E-state index contributed by atoms with van der Waals surface area (Å²) >= 11 is 0. The van der Waals surface area contributed by atoms with E-state index in [0.717, 1.165) is 33.7 Å². The molecule has 0 radical (unpaired) electrons. The minimum absolute atomic E-state index is 0.201. The highest BCUT2D eigenvalue weighted by molar-refractivity contribution is 6.07. The van der Waals surface area contributed by atoms with Crippen LogP contribution in [0.3, 0.4) is 0 Å². The second-order valence-electron chi connectivity index (χ2n) is 8.78. The van der Waals surface area contributed by atoms with Crippen LogP contribution in [0.4, 0.5) is 13.2 Å². The predicted octanol–water partition coefficient (Wildman–Crippen LogP) is 6.92. The molecule has 0 heterocycles. The number of carbonyl (C=O) groups excluding carboxylic acids is 2. The Kier molecular flexibility index (Phi) is 7.10. The minimum Gasteiger partial charge on any atom is -0.422 e. The lowest BCUT2D eigenvalue weighted by Gasteiger charge is -2.12. The molecule has 5 rings (SSSR count). The molecule has 8 heteroatoms. The molecule has 0 aliphatic rings. The van der Waals surface area contributed by atoms with E-state index in [2.05, 4.69) is 10.5 Å². The van der Waals surface area contributed by atoms with Gasteiger partial charge in [0.15, 0.2) is 0 Å². The second-order valence-corrected chi connectivity index (χ2v) is 8.78. The minimum atomic E-state index is -4.50. The number of halogens is 3. The molecule has 0 aliphatic carbocycles. The molecule has 0 saturated carbocycles. The number of nitrogens with one attached hydrogen (secondary N) is 1. The number of hydrogen-bond donors (Lipinski definition) is 1. The van der Waals surface area contributed by atoms with E-state index in [9.17, 15) is 22.8 Å². The lowest BCUT2D eigenvalue weighted by Crippen LogP contribution is -2.20. The number of hydrogen-bond acceptors (Lipinski definition) is 4. The van der Waals surface area contributed by atoms with Gasteiger partial charge in [0.2, 0.25) is 5.91 Å². The van der Waals surface area contributed by atoms with Crippen molar-refractivity contribution in [2.75, 3.05) is 0 Å². The SMILES string of the molecule is O=C(Cc1cccc(C(F)(F)F)c1)N/N=C\c1c(OC(=O)c2cccc3ccccc23)ccc2ccccc12. The number of hydrazone groups is 1. The molecule has 5 aromatic carbocycles. The standard InChI is InChI=1S/C31H21F3N2O3/c32-31(33,34)23-11-5-7-20(17-23)18-29(37)36-35-19-27-25-13-4-2-9-22(25)15-16-28(27)39-30(38)26-14-6-10-21-8-1-3-12-24(21)26/h1-17,19H,18H2,(H,36,37)/b35-19-. The summed E-state index contributed by atoms with van der Waals surface area (Å²) in [5.41, 5.74) is 2.58. The Bertz CT molecular complexity index is 1720. The van der Waals surface area contributed by atoms with Gasteiger partial charge in [-0.3, -0.25) is 4.79 Å². The van der Waals surface area contributed by atoms with Gasteiger partial charge in [0, 0.05) is 5.56 Å². The molecule has 1 N–H and O–H groups in total. The van der Waals surface area contributed by atoms with E-state index < -0.39 is 23.6 Å². The number of nitrogens with zero attached hydrogens (tertiary/aromatic N) is 1. The second kappa shape index (κ2) is 10.8. The summed E-state index contributed by atoms with van der Waals surface area (Å²) < 4.78 is 44.7. The summed E-state index contributed by atoms with van der Waals surface area (Å²) in [6, 6.07) is 28.3. The topological polar surface area (TPSA) is 67.8 Å². The number of fused-ring (bicyclic) bond motifs is 2. The predicted molar refractivity (Wildman–Crippen MR) is 144 cm³/mol. The third kappa shape index (κ3) is 5.80. The fraction of sp³-hybridized carbons (Fsp3) is 0.0645. The molecule has 39 heavy (non-hydrogen) atoms. The van der Waals surface area contributed by atoms with Crippen molar-refractivity contribution in [2.24, 2.45) is 5.10 Å². The lowest BCUT2D eigenvalue weighted by atomic mass is 10.0. The summed E-state index contributed by atoms with van der Waals surface area (Å²) in [7, 11) is 0. The Morgan fingerprint density at radius 2 is 1.46 bits per heavy atom. The maximum atomic E-state index is 13.2. The van der Waals surface area contributed by atoms with Crippen LogP contribution in [-0.2, 0) is 17.4 Å². The average Bonchev–Trinajstić information content (AvgIpc) is 2.93. The van der Waals surface area contributed by atoms with Gasteiger partial charge in [0.1, 0.15) is 5.75 Å². The van der Waals surface area contributed by atoms with Crippen molar-refractivity contribution in [3.05, 3.63) is 125 Å². The van der Waals surface area contributed by atoms with Gasteiger partial charge in [-0.2, -0.15) is 18.3 Å². The van der Waals surface area contributed by atoms with E-state index in [1.165, 1.54) is 18.3 Å². The van der Waals surface area contributed by atoms with E-state index >= 15 is 0 Å². The zero-order valence-corrected chi connectivity index (χ0v) is 20.4. The van der Waals surface area contributed by atoms with Crippen LogP contribution in [-0.4, -0.2) is 18.1 Å². The van der Waals surface area contributed by atoms with E-state index in [-0.39, 0.29) is 17.7 Å². The number of carbonyl (C=O) groups is 2. The maximum Gasteiger partial charge on any atom is 0.416 e. The van der Waals surface area contributed by atoms with E-state index in [1.807, 2.05) is 60.7 Å². The van der Waals surface area contributed by atoms with Gasteiger partial charge in [-0.05, 0) is 45.3 Å². The first kappa shape index (κ1) is 25.7. The van der Waals surface area contributed by atoms with Gasteiger partial charge >= 0.3 is 12.1 Å². The molecule has 0 aromatic heterocycles. The fourth-order valence-electron chi connectivity index (χ4n) is 4.31. The zero-order valence-electron chi connectivity index (χ0n) is 20.4. The van der Waals surface area contributed by atoms with E-state index in [0.29, 0.717) is 11.1 Å². The zero-order chi connectivity index (χ0) is 27.4. The van der Waals surface area contributed by atoms with Gasteiger partial charge in [-0.1, -0.05) is 84.9 Å². The molecule has 0 bridgehead atoms. The van der Waals surface area contributed by atoms with Crippen molar-refractivity contribution < 1.29 is 27.5 Å². The lowest BCUT2D eigenvalue weighted by molar-refractivity contribution is -0.137. The summed E-state index contributed by atoms with van der Waals surface area (Å²) in [5.74, 6) is -0.909. The number of benzene rings is 5. The highest BCUT2D eigenvalue weighted by Gasteiger charge is 2.30. The van der Waals surface area contributed by atoms with Crippen LogP contribution in [0.15, 0.2) is 108 Å². The maximum absolute atomic E-state index is 13.2. The molecule has 0 aliphatic heterocycles. The summed E-state index contributed by atoms with van der Waals surface area (Å²) in [4.78, 5) is 25.6. The third-order valence-electron chi connectivity index (χ3n) is 6.14. The molecule has 5 nitrogen and oxygen atoms in total. The van der Waals surface area contributed by atoms with Crippen molar-refractivity contribution in [3.8, 4) is 5.75 Å². The number of alkyl halides is 3. The number of amides is 1. The number of rotatable bonds is 6. The normalized spacial score (nSPS) is 11.7. The molecule has 0 atom stereocenters. The largest absolute Gasteiger partial charge is 0.422 e. The fourth-order valence-corrected chi connectivity index (χ4v) is 4.31. The van der Waals surface area contributed by atoms with Crippen molar-refractivity contribution in [3.63, 3.8) is 0 Å². The Morgan fingerprint density at radius 3 is 2.23 bits per heavy atom. The molecular formula is C31H21F3N2O3. The molecule has 0 spiro atoms. The third-order valence-corrected chi connectivity index (χ3v) is 6.14. The average molecular weight is 527 g/mol. The van der Waals surface area contributed by atoms with Gasteiger partial charge in [0.05, 0.1) is 23.8 Å². The number of esters is 1. The van der Waals surface area contributed by atoms with Crippen molar-refractivity contribution in [2.45, 2.75) is 12.6 Å². The van der Waals surface area contributed by atoms with Crippen LogP contribution >= 0.6 is 0 Å². The molecule has 0 saturated heterocycles. The van der Waals surface area contributed by atoms with Gasteiger partial charge < -0.3 is 4.74 Å². The quantitative estimate of drug-likeness (QED) is 0.113. The highest BCUT2D eigenvalue weighted by Crippen LogP contribution is 2.30. The summed E-state index contributed by atoms with van der Waals surface area (Å²) in [6.07, 6.45) is -3.43.